The van der Waals surface area contributed by atoms with Crippen LogP contribution in [0.15, 0.2) is 24.3 Å². The molecule has 0 amide bonds. The molecule has 0 aromatic heterocycles. The van der Waals surface area contributed by atoms with Gasteiger partial charge in [-0.1, -0.05) is 24.3 Å². The predicted molar refractivity (Wildman–Crippen MR) is 40.1 cm³/mol. The van der Waals surface area contributed by atoms with E-state index in [-0.39, 0.29) is 0 Å². The van der Waals surface area contributed by atoms with Crippen LogP contribution in [0.3, 0.4) is 0 Å². The van der Waals surface area contributed by atoms with Gasteiger partial charge in [-0.3, -0.25) is 0 Å². The standard InChI is InChI=1S/C7H5BF5/c9-7(10)5-1-3-6(4-2-5)8(11,12)13/h1-4,7H/q-1. The van der Waals surface area contributed by atoms with Crippen molar-refractivity contribution in [2.45, 2.75) is 6.43 Å². The van der Waals surface area contributed by atoms with Gasteiger partial charge in [-0.05, 0) is 0 Å². The molecular weight excluding hydrogens is 190 g/mol. The van der Waals surface area contributed by atoms with E-state index in [0.717, 1.165) is 12.1 Å². The average Bonchev–Trinajstić information content (AvgIpc) is 2.03. The molecule has 0 aliphatic rings. The molecule has 0 fully saturated rings. The molecule has 0 saturated heterocycles. The van der Waals surface area contributed by atoms with Gasteiger partial charge < -0.3 is 12.9 Å². The van der Waals surface area contributed by atoms with Crippen LogP contribution in [0.25, 0.3) is 0 Å². The van der Waals surface area contributed by atoms with Crippen molar-refractivity contribution in [2.24, 2.45) is 0 Å². The Labute approximate surface area is 71.4 Å². The lowest BCUT2D eigenvalue weighted by molar-refractivity contribution is 0.151. The summed E-state index contributed by atoms with van der Waals surface area (Å²) in [6, 6.07) is 2.91. The van der Waals surface area contributed by atoms with E-state index in [1.165, 1.54) is 0 Å². The highest BCUT2D eigenvalue weighted by Crippen LogP contribution is 2.18. The van der Waals surface area contributed by atoms with E-state index in [2.05, 4.69) is 0 Å². The quantitative estimate of drug-likeness (QED) is 0.502. The summed E-state index contributed by atoms with van der Waals surface area (Å²) < 4.78 is 59.8. The van der Waals surface area contributed by atoms with E-state index in [1.807, 2.05) is 0 Å². The van der Waals surface area contributed by atoms with Crippen LogP contribution in [-0.4, -0.2) is 6.98 Å². The van der Waals surface area contributed by atoms with Crippen molar-refractivity contribution >= 4 is 12.4 Å². The summed E-state index contributed by atoms with van der Waals surface area (Å²) in [6.07, 6.45) is -2.73. The monoisotopic (exact) mass is 195 g/mol. The molecule has 0 aliphatic heterocycles. The molecule has 0 saturated carbocycles. The zero-order chi connectivity index (χ0) is 10.1. The van der Waals surface area contributed by atoms with Crippen LogP contribution >= 0.6 is 0 Å². The molecular formula is C7H5BF5-. The first kappa shape index (κ1) is 10.0. The van der Waals surface area contributed by atoms with Crippen LogP contribution in [0.5, 0.6) is 0 Å². The van der Waals surface area contributed by atoms with Crippen molar-refractivity contribution in [2.75, 3.05) is 0 Å². The van der Waals surface area contributed by atoms with Crippen molar-refractivity contribution in [3.63, 3.8) is 0 Å². The number of hydrogen-bond acceptors (Lipinski definition) is 0. The maximum absolute atomic E-state index is 12.0. The van der Waals surface area contributed by atoms with Gasteiger partial charge in [0.15, 0.2) is 0 Å². The SMILES string of the molecule is FC(F)c1ccc([B-](F)(F)F)cc1. The Balaban J connectivity index is 2.94. The van der Waals surface area contributed by atoms with Crippen LogP contribution < -0.4 is 5.46 Å². The minimum absolute atomic E-state index is 0.399. The second-order valence-electron chi connectivity index (χ2n) is 2.54. The largest absolute Gasteiger partial charge is 0.509 e. The fraction of sp³-hybridized carbons (Fsp3) is 0.143. The van der Waals surface area contributed by atoms with Crippen molar-refractivity contribution in [1.82, 2.24) is 0 Å². The Bertz CT molecular complexity index is 276. The summed E-state index contributed by atoms with van der Waals surface area (Å²) in [6.45, 7) is -5.09. The molecule has 0 radical (unpaired) electrons. The smallest absolute Gasteiger partial charge is 0.445 e. The van der Waals surface area contributed by atoms with Gasteiger partial charge in [0.1, 0.15) is 0 Å². The number of rotatable bonds is 2. The lowest BCUT2D eigenvalue weighted by Crippen LogP contribution is -2.33. The molecule has 6 heteroatoms. The Kier molecular flexibility index (Phi) is 2.59. The number of hydrogen-bond donors (Lipinski definition) is 0. The molecule has 0 nitrogen and oxygen atoms in total. The third-order valence-electron chi connectivity index (χ3n) is 1.57. The van der Waals surface area contributed by atoms with E-state index in [9.17, 15) is 21.7 Å². The van der Waals surface area contributed by atoms with Crippen LogP contribution in [0.2, 0.25) is 0 Å². The number of benzene rings is 1. The Morgan fingerprint density at radius 3 is 1.69 bits per heavy atom. The van der Waals surface area contributed by atoms with Gasteiger partial charge >= 0.3 is 6.98 Å². The van der Waals surface area contributed by atoms with Crippen molar-refractivity contribution in [3.05, 3.63) is 29.8 Å². The van der Waals surface area contributed by atoms with Gasteiger partial charge in [0.05, 0.1) is 0 Å². The van der Waals surface area contributed by atoms with Gasteiger partial charge in [0, 0.05) is 5.56 Å². The molecule has 0 spiro atoms. The molecule has 13 heavy (non-hydrogen) atoms. The molecule has 0 unspecified atom stereocenters. The predicted octanol–water partition coefficient (Wildman–Crippen LogP) is 2.68. The molecule has 1 aromatic rings. The normalized spacial score (nSPS) is 12.2. The fourth-order valence-corrected chi connectivity index (χ4v) is 0.860. The Hall–Kier alpha value is -1.07. The first-order valence-electron chi connectivity index (χ1n) is 3.49. The zero-order valence-electron chi connectivity index (χ0n) is 6.35. The maximum atomic E-state index is 12.0. The summed E-state index contributed by atoms with van der Waals surface area (Å²) in [4.78, 5) is 0. The number of alkyl halides is 2. The Morgan fingerprint density at radius 1 is 0.923 bits per heavy atom. The molecule has 0 bridgehead atoms. The molecule has 72 valence electrons. The molecule has 0 atom stereocenters. The van der Waals surface area contributed by atoms with E-state index in [4.69, 9.17) is 0 Å². The highest BCUT2D eigenvalue weighted by Gasteiger charge is 2.25. The third-order valence-corrected chi connectivity index (χ3v) is 1.57. The van der Waals surface area contributed by atoms with Gasteiger partial charge in [-0.2, -0.15) is 0 Å². The van der Waals surface area contributed by atoms with Gasteiger partial charge in [0.25, 0.3) is 6.43 Å². The van der Waals surface area contributed by atoms with Gasteiger partial charge in [0.2, 0.25) is 0 Å². The van der Waals surface area contributed by atoms with E-state index in [0.29, 0.717) is 12.1 Å². The molecule has 0 heterocycles. The van der Waals surface area contributed by atoms with Crippen molar-refractivity contribution in [1.29, 1.82) is 0 Å². The van der Waals surface area contributed by atoms with Crippen molar-refractivity contribution in [3.8, 4) is 0 Å². The van der Waals surface area contributed by atoms with E-state index in [1.54, 1.807) is 0 Å². The van der Waals surface area contributed by atoms with Crippen LogP contribution in [0, 0.1) is 0 Å². The topological polar surface area (TPSA) is 0 Å². The maximum Gasteiger partial charge on any atom is 0.509 e. The summed E-state index contributed by atoms with van der Waals surface area (Å²) in [5, 5.41) is 0. The van der Waals surface area contributed by atoms with Crippen molar-refractivity contribution < 1.29 is 21.7 Å². The summed E-state index contributed by atoms with van der Waals surface area (Å²) in [7, 11) is 0. The van der Waals surface area contributed by atoms with Crippen LogP contribution in [0.4, 0.5) is 21.7 Å². The van der Waals surface area contributed by atoms with Crippen LogP contribution in [-0.2, 0) is 0 Å². The van der Waals surface area contributed by atoms with Gasteiger partial charge in [-0.25, -0.2) is 8.78 Å². The van der Waals surface area contributed by atoms with Crippen LogP contribution in [0.1, 0.15) is 12.0 Å². The molecule has 0 N–H and O–H groups in total. The molecule has 0 aliphatic carbocycles. The summed E-state index contributed by atoms with van der Waals surface area (Å²) in [5.41, 5.74) is -1.26. The minimum atomic E-state index is -5.09. The minimum Gasteiger partial charge on any atom is -0.445 e. The first-order chi connectivity index (χ1) is 5.91. The van der Waals surface area contributed by atoms with E-state index >= 15 is 0 Å². The fourth-order valence-electron chi connectivity index (χ4n) is 0.860. The Morgan fingerprint density at radius 2 is 1.38 bits per heavy atom. The molecule has 1 aromatic carbocycles. The average molecular weight is 195 g/mol. The lowest BCUT2D eigenvalue weighted by atomic mass is 9.80. The first-order valence-corrected chi connectivity index (χ1v) is 3.49. The third kappa shape index (κ3) is 2.43. The molecule has 1 rings (SSSR count). The summed E-state index contributed by atoms with van der Waals surface area (Å²) in [5.74, 6) is 0. The summed E-state index contributed by atoms with van der Waals surface area (Å²) >= 11 is 0. The highest BCUT2D eigenvalue weighted by molar-refractivity contribution is 6.73. The second-order valence-corrected chi connectivity index (χ2v) is 2.54. The number of halogens is 5. The highest BCUT2D eigenvalue weighted by atomic mass is 19.4. The lowest BCUT2D eigenvalue weighted by Gasteiger charge is -2.14. The van der Waals surface area contributed by atoms with Gasteiger partial charge in [-0.15, -0.1) is 5.46 Å². The second kappa shape index (κ2) is 3.36. The van der Waals surface area contributed by atoms with E-state index < -0.39 is 24.4 Å². The zero-order valence-corrected chi connectivity index (χ0v) is 6.35.